The molecule has 124 valence electrons. The molecule has 0 unspecified atom stereocenters. The highest BCUT2D eigenvalue weighted by atomic mass is 19.3. The van der Waals surface area contributed by atoms with E-state index in [9.17, 15) is 18.0 Å². The second-order valence-corrected chi connectivity index (χ2v) is 4.99. The number of amides is 2. The first kappa shape index (κ1) is 16.9. The van der Waals surface area contributed by atoms with Gasteiger partial charge in [-0.3, -0.25) is 4.57 Å². The fraction of sp³-hybridized carbons (Fsp3) is 0.333. The van der Waals surface area contributed by atoms with Crippen LogP contribution < -0.4 is 5.32 Å². The zero-order chi connectivity index (χ0) is 16.8. The van der Waals surface area contributed by atoms with Crippen LogP contribution in [0.5, 0.6) is 0 Å². The maximum absolute atomic E-state index is 12.8. The van der Waals surface area contributed by atoms with Crippen molar-refractivity contribution in [2.75, 3.05) is 13.6 Å². The topological polar surface area (TPSA) is 50.2 Å². The zero-order valence-corrected chi connectivity index (χ0v) is 12.5. The number of rotatable bonds is 6. The lowest BCUT2D eigenvalue weighted by atomic mass is 10.1. The van der Waals surface area contributed by atoms with E-state index >= 15 is 0 Å². The van der Waals surface area contributed by atoms with Crippen molar-refractivity contribution >= 4 is 6.03 Å². The number of imidazole rings is 1. The van der Waals surface area contributed by atoms with E-state index in [0.29, 0.717) is 17.5 Å². The minimum absolute atomic E-state index is 0.0281. The Morgan fingerprint density at radius 2 is 2.04 bits per heavy atom. The number of carbonyl (C=O) groups is 1. The second kappa shape index (κ2) is 7.66. The van der Waals surface area contributed by atoms with E-state index in [1.54, 1.807) is 12.1 Å². The van der Waals surface area contributed by atoms with Gasteiger partial charge in [-0.05, 0) is 24.1 Å². The van der Waals surface area contributed by atoms with E-state index in [1.807, 2.05) is 0 Å². The molecule has 23 heavy (non-hydrogen) atoms. The van der Waals surface area contributed by atoms with Gasteiger partial charge in [0.25, 0.3) is 0 Å². The predicted molar refractivity (Wildman–Crippen MR) is 78.4 cm³/mol. The van der Waals surface area contributed by atoms with Gasteiger partial charge in [-0.2, -0.15) is 8.78 Å². The van der Waals surface area contributed by atoms with Crippen molar-refractivity contribution in [3.63, 3.8) is 0 Å². The SMILES string of the molecule is CN(Cc1nccn1C(F)F)C(=O)NCCc1ccc(F)cc1. The molecular weight excluding hydrogens is 309 g/mol. The number of benzene rings is 1. The molecule has 0 saturated carbocycles. The van der Waals surface area contributed by atoms with Crippen molar-refractivity contribution in [1.29, 1.82) is 0 Å². The number of alkyl halides is 2. The standard InChI is InChI=1S/C15H17F3N4O/c1-21(10-13-19-8-9-22(13)14(17)18)15(23)20-7-6-11-2-4-12(16)5-3-11/h2-5,8-9,14H,6-7,10H2,1H3,(H,20,23). The molecule has 0 aliphatic heterocycles. The van der Waals surface area contributed by atoms with Crippen LogP contribution in [-0.4, -0.2) is 34.1 Å². The largest absolute Gasteiger partial charge is 0.338 e. The normalized spacial score (nSPS) is 10.8. The molecule has 1 aromatic carbocycles. The minimum atomic E-state index is -2.69. The van der Waals surface area contributed by atoms with Gasteiger partial charge in [0.1, 0.15) is 11.6 Å². The zero-order valence-electron chi connectivity index (χ0n) is 12.5. The van der Waals surface area contributed by atoms with Gasteiger partial charge >= 0.3 is 12.6 Å². The summed E-state index contributed by atoms with van der Waals surface area (Å²) in [5.41, 5.74) is 0.891. The van der Waals surface area contributed by atoms with Crippen LogP contribution in [0.4, 0.5) is 18.0 Å². The smallest absolute Gasteiger partial charge is 0.319 e. The number of carbonyl (C=O) groups excluding carboxylic acids is 1. The fourth-order valence-corrected chi connectivity index (χ4v) is 2.03. The number of nitrogens with zero attached hydrogens (tertiary/aromatic N) is 3. The Bertz CT molecular complexity index is 642. The number of nitrogens with one attached hydrogen (secondary N) is 1. The summed E-state index contributed by atoms with van der Waals surface area (Å²) in [6, 6.07) is 5.60. The van der Waals surface area contributed by atoms with Crippen molar-refractivity contribution in [3.8, 4) is 0 Å². The van der Waals surface area contributed by atoms with Gasteiger partial charge in [0.05, 0.1) is 6.54 Å². The van der Waals surface area contributed by atoms with Crippen LogP contribution in [0.1, 0.15) is 17.9 Å². The maximum atomic E-state index is 12.8. The van der Waals surface area contributed by atoms with Gasteiger partial charge in [0.2, 0.25) is 0 Å². The van der Waals surface area contributed by atoms with Crippen LogP contribution >= 0.6 is 0 Å². The molecule has 8 heteroatoms. The molecule has 0 radical (unpaired) electrons. The van der Waals surface area contributed by atoms with Crippen molar-refractivity contribution < 1.29 is 18.0 Å². The molecular formula is C15H17F3N4O. The van der Waals surface area contributed by atoms with Gasteiger partial charge in [-0.25, -0.2) is 14.2 Å². The number of halogens is 3. The highest BCUT2D eigenvalue weighted by Gasteiger charge is 2.15. The van der Waals surface area contributed by atoms with Gasteiger partial charge in [-0.1, -0.05) is 12.1 Å². The lowest BCUT2D eigenvalue weighted by Gasteiger charge is -2.18. The summed E-state index contributed by atoms with van der Waals surface area (Å²) >= 11 is 0. The lowest BCUT2D eigenvalue weighted by Crippen LogP contribution is -2.38. The molecule has 2 aromatic rings. The number of hydrogen-bond donors (Lipinski definition) is 1. The summed E-state index contributed by atoms with van der Waals surface area (Å²) in [7, 11) is 1.50. The van der Waals surface area contributed by atoms with Crippen molar-refractivity contribution in [1.82, 2.24) is 19.8 Å². The van der Waals surface area contributed by atoms with Crippen LogP contribution in [0.3, 0.4) is 0 Å². The molecule has 1 aromatic heterocycles. The van der Waals surface area contributed by atoms with E-state index in [1.165, 1.54) is 36.5 Å². The Morgan fingerprint density at radius 1 is 1.35 bits per heavy atom. The summed E-state index contributed by atoms with van der Waals surface area (Å²) < 4.78 is 38.9. The Balaban J connectivity index is 1.80. The van der Waals surface area contributed by atoms with Crippen LogP contribution in [0.2, 0.25) is 0 Å². The molecule has 2 rings (SSSR count). The average Bonchev–Trinajstić information content (AvgIpc) is 2.97. The van der Waals surface area contributed by atoms with Crippen LogP contribution in [-0.2, 0) is 13.0 Å². The third kappa shape index (κ3) is 4.73. The Kier molecular flexibility index (Phi) is 5.61. The molecule has 0 bridgehead atoms. The van der Waals surface area contributed by atoms with E-state index < -0.39 is 12.6 Å². The number of hydrogen-bond acceptors (Lipinski definition) is 2. The highest BCUT2D eigenvalue weighted by Crippen LogP contribution is 2.13. The molecule has 0 aliphatic rings. The van der Waals surface area contributed by atoms with Gasteiger partial charge in [0.15, 0.2) is 0 Å². The molecule has 0 atom stereocenters. The first-order chi connectivity index (χ1) is 11.0. The average molecular weight is 326 g/mol. The monoisotopic (exact) mass is 326 g/mol. The quantitative estimate of drug-likeness (QED) is 0.887. The summed E-state index contributed by atoms with van der Waals surface area (Å²) in [5, 5.41) is 2.68. The number of aromatic nitrogens is 2. The molecule has 0 spiro atoms. The number of urea groups is 1. The molecule has 2 amide bonds. The molecule has 5 nitrogen and oxygen atoms in total. The summed E-state index contributed by atoms with van der Waals surface area (Å²) in [6.45, 7) is -2.36. The van der Waals surface area contributed by atoms with Crippen LogP contribution in [0, 0.1) is 5.82 Å². The second-order valence-electron chi connectivity index (χ2n) is 4.99. The van der Waals surface area contributed by atoms with E-state index in [4.69, 9.17) is 0 Å². The first-order valence-electron chi connectivity index (χ1n) is 7.00. The molecule has 0 fully saturated rings. The Labute approximate surface area is 131 Å². The maximum Gasteiger partial charge on any atom is 0.319 e. The minimum Gasteiger partial charge on any atom is -0.338 e. The van der Waals surface area contributed by atoms with Gasteiger partial charge in [0, 0.05) is 26.0 Å². The van der Waals surface area contributed by atoms with Gasteiger partial charge < -0.3 is 10.2 Å². The fourth-order valence-electron chi connectivity index (χ4n) is 2.03. The predicted octanol–water partition coefficient (Wildman–Crippen LogP) is 2.80. The highest BCUT2D eigenvalue weighted by molar-refractivity contribution is 5.73. The molecule has 1 N–H and O–H groups in total. The van der Waals surface area contributed by atoms with Crippen molar-refractivity contribution in [3.05, 3.63) is 53.9 Å². The molecule has 0 aliphatic carbocycles. The molecule has 0 saturated heterocycles. The van der Waals surface area contributed by atoms with Crippen LogP contribution in [0.15, 0.2) is 36.7 Å². The van der Waals surface area contributed by atoms with E-state index in [-0.39, 0.29) is 18.2 Å². The van der Waals surface area contributed by atoms with Crippen molar-refractivity contribution in [2.45, 2.75) is 19.5 Å². The first-order valence-corrected chi connectivity index (χ1v) is 7.00. The third-order valence-corrected chi connectivity index (χ3v) is 3.29. The Hall–Kier alpha value is -2.51. The van der Waals surface area contributed by atoms with E-state index in [2.05, 4.69) is 10.3 Å². The summed E-state index contributed by atoms with van der Waals surface area (Å²) in [6.07, 6.45) is 2.98. The van der Waals surface area contributed by atoms with E-state index in [0.717, 1.165) is 5.56 Å². The summed E-state index contributed by atoms with van der Waals surface area (Å²) in [5.74, 6) is -0.205. The molecule has 1 heterocycles. The Morgan fingerprint density at radius 3 is 2.70 bits per heavy atom. The van der Waals surface area contributed by atoms with Gasteiger partial charge in [-0.15, -0.1) is 0 Å². The summed E-state index contributed by atoms with van der Waals surface area (Å²) in [4.78, 5) is 17.0. The van der Waals surface area contributed by atoms with Crippen LogP contribution in [0.25, 0.3) is 0 Å². The lowest BCUT2D eigenvalue weighted by molar-refractivity contribution is 0.0651. The third-order valence-electron chi connectivity index (χ3n) is 3.29. The van der Waals surface area contributed by atoms with Crippen molar-refractivity contribution in [2.24, 2.45) is 0 Å².